The van der Waals surface area contributed by atoms with E-state index in [1.807, 2.05) is 6.07 Å². The van der Waals surface area contributed by atoms with Gasteiger partial charge in [-0.15, -0.1) is 0 Å². The minimum Gasteiger partial charge on any atom is -0.468 e. The SMILES string of the molecule is CN(Cc1occc1CN)C1CCCC1. The van der Waals surface area contributed by atoms with Gasteiger partial charge in [0.05, 0.1) is 12.8 Å². The molecular weight excluding hydrogens is 188 g/mol. The summed E-state index contributed by atoms with van der Waals surface area (Å²) in [5.41, 5.74) is 6.78. The number of nitrogens with zero attached hydrogens (tertiary/aromatic N) is 1. The van der Waals surface area contributed by atoms with Gasteiger partial charge in [-0.05, 0) is 26.0 Å². The van der Waals surface area contributed by atoms with Crippen molar-refractivity contribution in [3.8, 4) is 0 Å². The first-order chi connectivity index (χ1) is 7.31. The molecule has 1 saturated carbocycles. The lowest BCUT2D eigenvalue weighted by atomic mass is 10.2. The molecule has 3 heteroatoms. The van der Waals surface area contributed by atoms with Gasteiger partial charge in [0, 0.05) is 18.2 Å². The van der Waals surface area contributed by atoms with E-state index in [0.717, 1.165) is 23.9 Å². The van der Waals surface area contributed by atoms with Crippen LogP contribution in [0.3, 0.4) is 0 Å². The zero-order chi connectivity index (χ0) is 10.7. The molecule has 1 aromatic rings. The van der Waals surface area contributed by atoms with Crippen LogP contribution >= 0.6 is 0 Å². The Balaban J connectivity index is 1.95. The third kappa shape index (κ3) is 2.41. The molecule has 0 aliphatic heterocycles. The predicted molar refractivity (Wildman–Crippen MR) is 60.3 cm³/mol. The van der Waals surface area contributed by atoms with Crippen LogP contribution in [0.5, 0.6) is 0 Å². The Labute approximate surface area is 91.2 Å². The van der Waals surface area contributed by atoms with Gasteiger partial charge in [0.2, 0.25) is 0 Å². The van der Waals surface area contributed by atoms with Crippen molar-refractivity contribution < 1.29 is 4.42 Å². The zero-order valence-corrected chi connectivity index (χ0v) is 9.41. The first-order valence-electron chi connectivity index (χ1n) is 5.77. The summed E-state index contributed by atoms with van der Waals surface area (Å²) in [5, 5.41) is 0. The quantitative estimate of drug-likeness (QED) is 0.824. The standard InChI is InChI=1S/C12H20N2O/c1-14(11-4-2-3-5-11)9-12-10(8-13)6-7-15-12/h6-7,11H,2-5,8-9,13H2,1H3. The normalized spacial score (nSPS) is 17.8. The molecule has 0 radical (unpaired) electrons. The average molecular weight is 208 g/mol. The fraction of sp³-hybridized carbons (Fsp3) is 0.667. The first-order valence-corrected chi connectivity index (χ1v) is 5.77. The van der Waals surface area contributed by atoms with Gasteiger partial charge in [-0.3, -0.25) is 4.90 Å². The van der Waals surface area contributed by atoms with Crippen molar-refractivity contribution in [1.82, 2.24) is 4.90 Å². The summed E-state index contributed by atoms with van der Waals surface area (Å²) in [7, 11) is 2.18. The van der Waals surface area contributed by atoms with E-state index in [1.54, 1.807) is 6.26 Å². The molecule has 84 valence electrons. The van der Waals surface area contributed by atoms with Gasteiger partial charge in [0.15, 0.2) is 0 Å². The van der Waals surface area contributed by atoms with Crippen molar-refractivity contribution in [3.63, 3.8) is 0 Å². The Morgan fingerprint density at radius 1 is 1.47 bits per heavy atom. The van der Waals surface area contributed by atoms with Crippen LogP contribution in [0.2, 0.25) is 0 Å². The predicted octanol–water partition coefficient (Wildman–Crippen LogP) is 2.11. The van der Waals surface area contributed by atoms with Crippen LogP contribution < -0.4 is 5.73 Å². The van der Waals surface area contributed by atoms with Crippen molar-refractivity contribution >= 4 is 0 Å². The minimum absolute atomic E-state index is 0.574. The van der Waals surface area contributed by atoms with E-state index >= 15 is 0 Å². The van der Waals surface area contributed by atoms with Gasteiger partial charge >= 0.3 is 0 Å². The Morgan fingerprint density at radius 3 is 2.87 bits per heavy atom. The molecular formula is C12H20N2O. The summed E-state index contributed by atoms with van der Waals surface area (Å²) >= 11 is 0. The van der Waals surface area contributed by atoms with Crippen LogP contribution in [0.25, 0.3) is 0 Å². The largest absolute Gasteiger partial charge is 0.468 e. The van der Waals surface area contributed by atoms with Crippen LogP contribution in [0, 0.1) is 0 Å². The highest BCUT2D eigenvalue weighted by molar-refractivity contribution is 5.16. The average Bonchev–Trinajstić information content (AvgIpc) is 2.87. The Morgan fingerprint density at radius 2 is 2.20 bits per heavy atom. The number of rotatable bonds is 4. The fourth-order valence-corrected chi connectivity index (χ4v) is 2.39. The topological polar surface area (TPSA) is 42.4 Å². The molecule has 0 amide bonds. The number of furan rings is 1. The molecule has 0 spiro atoms. The van der Waals surface area contributed by atoms with Gasteiger partial charge < -0.3 is 10.2 Å². The van der Waals surface area contributed by atoms with Gasteiger partial charge in [-0.1, -0.05) is 12.8 Å². The van der Waals surface area contributed by atoms with E-state index in [1.165, 1.54) is 25.7 Å². The molecule has 1 aliphatic carbocycles. The third-order valence-electron chi connectivity index (χ3n) is 3.40. The van der Waals surface area contributed by atoms with E-state index in [0.29, 0.717) is 6.54 Å². The molecule has 0 aromatic carbocycles. The number of hydrogen-bond donors (Lipinski definition) is 1. The fourth-order valence-electron chi connectivity index (χ4n) is 2.39. The number of nitrogens with two attached hydrogens (primary N) is 1. The van der Waals surface area contributed by atoms with Gasteiger partial charge in [-0.2, -0.15) is 0 Å². The molecule has 1 aromatic heterocycles. The van der Waals surface area contributed by atoms with Crippen LogP contribution in [-0.4, -0.2) is 18.0 Å². The molecule has 0 bridgehead atoms. The molecule has 0 saturated heterocycles. The van der Waals surface area contributed by atoms with E-state index in [-0.39, 0.29) is 0 Å². The van der Waals surface area contributed by atoms with Gasteiger partial charge in [0.25, 0.3) is 0 Å². The van der Waals surface area contributed by atoms with Crippen molar-refractivity contribution in [2.24, 2.45) is 5.73 Å². The highest BCUT2D eigenvalue weighted by Gasteiger charge is 2.20. The lowest BCUT2D eigenvalue weighted by Gasteiger charge is -2.23. The van der Waals surface area contributed by atoms with Crippen molar-refractivity contribution in [2.75, 3.05) is 7.05 Å². The summed E-state index contributed by atoms with van der Waals surface area (Å²) < 4.78 is 5.46. The third-order valence-corrected chi connectivity index (χ3v) is 3.40. The molecule has 1 aliphatic rings. The molecule has 0 unspecified atom stereocenters. The second-order valence-electron chi connectivity index (χ2n) is 4.43. The summed E-state index contributed by atoms with van der Waals surface area (Å²) in [6.07, 6.45) is 7.14. The van der Waals surface area contributed by atoms with Crippen LogP contribution in [-0.2, 0) is 13.1 Å². The van der Waals surface area contributed by atoms with E-state index in [9.17, 15) is 0 Å². The summed E-state index contributed by atoms with van der Waals surface area (Å²) in [4.78, 5) is 2.39. The molecule has 2 N–H and O–H groups in total. The summed E-state index contributed by atoms with van der Waals surface area (Å²) in [6, 6.07) is 2.71. The van der Waals surface area contributed by atoms with E-state index < -0.39 is 0 Å². The number of hydrogen-bond acceptors (Lipinski definition) is 3. The maximum absolute atomic E-state index is 5.65. The van der Waals surface area contributed by atoms with Crippen LogP contribution in [0.15, 0.2) is 16.7 Å². The van der Waals surface area contributed by atoms with Crippen molar-refractivity contribution in [3.05, 3.63) is 23.7 Å². The summed E-state index contributed by atoms with van der Waals surface area (Å²) in [6.45, 7) is 1.47. The minimum atomic E-state index is 0.574. The second-order valence-corrected chi connectivity index (χ2v) is 4.43. The molecule has 2 rings (SSSR count). The Bertz CT molecular complexity index is 302. The van der Waals surface area contributed by atoms with Crippen molar-refractivity contribution in [2.45, 2.75) is 44.8 Å². The zero-order valence-electron chi connectivity index (χ0n) is 9.41. The lowest BCUT2D eigenvalue weighted by molar-refractivity contribution is 0.218. The molecule has 0 atom stereocenters. The van der Waals surface area contributed by atoms with E-state index in [4.69, 9.17) is 10.2 Å². The lowest BCUT2D eigenvalue weighted by Crippen LogP contribution is -2.28. The molecule has 1 heterocycles. The maximum atomic E-state index is 5.65. The molecule has 3 nitrogen and oxygen atoms in total. The Kier molecular flexibility index (Phi) is 3.44. The Hall–Kier alpha value is -0.800. The second kappa shape index (κ2) is 4.81. The van der Waals surface area contributed by atoms with Gasteiger partial charge in [0.1, 0.15) is 5.76 Å². The maximum Gasteiger partial charge on any atom is 0.122 e. The monoisotopic (exact) mass is 208 g/mol. The van der Waals surface area contributed by atoms with Crippen molar-refractivity contribution in [1.29, 1.82) is 0 Å². The van der Waals surface area contributed by atoms with Crippen LogP contribution in [0.4, 0.5) is 0 Å². The highest BCUT2D eigenvalue weighted by Crippen LogP contribution is 2.24. The molecule has 15 heavy (non-hydrogen) atoms. The smallest absolute Gasteiger partial charge is 0.122 e. The van der Waals surface area contributed by atoms with Crippen LogP contribution in [0.1, 0.15) is 37.0 Å². The van der Waals surface area contributed by atoms with Gasteiger partial charge in [-0.25, -0.2) is 0 Å². The van der Waals surface area contributed by atoms with E-state index in [2.05, 4.69) is 11.9 Å². The first kappa shape index (κ1) is 10.7. The highest BCUT2D eigenvalue weighted by atomic mass is 16.3. The summed E-state index contributed by atoms with van der Waals surface area (Å²) in [5.74, 6) is 1.03. The molecule has 1 fully saturated rings.